The average molecular weight is 399 g/mol. The predicted molar refractivity (Wildman–Crippen MR) is 115 cm³/mol. The third kappa shape index (κ3) is 4.05. The molecule has 2 atom stereocenters. The number of nitrogens with two attached hydrogens (primary N) is 1. The van der Waals surface area contributed by atoms with Crippen LogP contribution in [0.25, 0.3) is 0 Å². The van der Waals surface area contributed by atoms with E-state index in [1.807, 2.05) is 78.9 Å². The molecule has 2 unspecified atom stereocenters. The summed E-state index contributed by atoms with van der Waals surface area (Å²) in [5, 5.41) is 8.94. The molecule has 1 aliphatic heterocycles. The van der Waals surface area contributed by atoms with Gasteiger partial charge in [0, 0.05) is 12.6 Å². The molecule has 7 heteroatoms. The van der Waals surface area contributed by atoms with Gasteiger partial charge in [-0.05, 0) is 29.8 Å². The van der Waals surface area contributed by atoms with E-state index in [-0.39, 0.29) is 18.0 Å². The Kier molecular flexibility index (Phi) is 5.52. The minimum Gasteiger partial charge on any atom is -0.368 e. The van der Waals surface area contributed by atoms with Crippen LogP contribution in [0.5, 0.6) is 0 Å². The Labute approximate surface area is 174 Å². The van der Waals surface area contributed by atoms with E-state index >= 15 is 0 Å². The molecule has 0 saturated carbocycles. The minimum absolute atomic E-state index is 0.139. The molecule has 2 heterocycles. The van der Waals surface area contributed by atoms with Gasteiger partial charge in [-0.2, -0.15) is 5.10 Å². The molecule has 7 nitrogen and oxygen atoms in total. The first-order valence-corrected chi connectivity index (χ1v) is 9.61. The van der Waals surface area contributed by atoms with Crippen LogP contribution in [0.2, 0.25) is 0 Å². The van der Waals surface area contributed by atoms with Gasteiger partial charge in [0.2, 0.25) is 5.91 Å². The van der Waals surface area contributed by atoms with E-state index < -0.39 is 18.0 Å². The number of rotatable bonds is 6. The van der Waals surface area contributed by atoms with Crippen LogP contribution in [0.4, 0.5) is 5.69 Å². The summed E-state index contributed by atoms with van der Waals surface area (Å²) in [6.07, 6.45) is 1.82. The Morgan fingerprint density at radius 3 is 2.27 bits per heavy atom. The number of para-hydroxylation sites is 1. The smallest absolute Gasteiger partial charge is 0.268 e. The molecule has 0 saturated heterocycles. The van der Waals surface area contributed by atoms with Crippen molar-refractivity contribution in [1.29, 1.82) is 0 Å². The van der Waals surface area contributed by atoms with Crippen LogP contribution in [0.1, 0.15) is 23.7 Å². The van der Waals surface area contributed by atoms with Crippen molar-refractivity contribution in [1.82, 2.24) is 10.3 Å². The molecule has 3 aromatic rings. The molecule has 0 aliphatic carbocycles. The van der Waals surface area contributed by atoms with Crippen molar-refractivity contribution in [3.63, 3.8) is 0 Å². The van der Waals surface area contributed by atoms with Gasteiger partial charge in [-0.25, -0.2) is 0 Å². The number of amides is 2. The number of nitrogens with one attached hydrogen (secondary N) is 1. The van der Waals surface area contributed by atoms with Crippen LogP contribution < -0.4 is 16.1 Å². The molecule has 3 N–H and O–H groups in total. The van der Waals surface area contributed by atoms with Crippen molar-refractivity contribution in [2.75, 3.05) is 5.01 Å². The average Bonchev–Trinajstić information content (AvgIpc) is 3.25. The van der Waals surface area contributed by atoms with Crippen molar-refractivity contribution < 1.29 is 9.59 Å². The SMILES string of the molecule is NC(=O)C1CC(C(=O)NC(c2ccccc2)c2ccccn2)=NN1c1ccccc1. The zero-order chi connectivity index (χ0) is 20.9. The number of hydrogen-bond acceptors (Lipinski definition) is 5. The maximum atomic E-state index is 13.1. The third-order valence-electron chi connectivity index (χ3n) is 4.91. The summed E-state index contributed by atoms with van der Waals surface area (Å²) < 4.78 is 0. The number of hydrazone groups is 1. The van der Waals surface area contributed by atoms with Gasteiger partial charge in [0.15, 0.2) is 0 Å². The van der Waals surface area contributed by atoms with Crippen molar-refractivity contribution in [2.45, 2.75) is 18.5 Å². The van der Waals surface area contributed by atoms with Gasteiger partial charge in [0.05, 0.1) is 17.4 Å². The fraction of sp³-hybridized carbons (Fsp3) is 0.130. The lowest BCUT2D eigenvalue weighted by Crippen LogP contribution is -2.40. The molecule has 30 heavy (non-hydrogen) atoms. The summed E-state index contributed by atoms with van der Waals surface area (Å²) in [5.74, 6) is -0.895. The molecule has 0 fully saturated rings. The second-order valence-electron chi connectivity index (χ2n) is 6.92. The monoisotopic (exact) mass is 399 g/mol. The zero-order valence-electron chi connectivity index (χ0n) is 16.2. The molecule has 0 bridgehead atoms. The van der Waals surface area contributed by atoms with Crippen LogP contribution in [0.15, 0.2) is 90.2 Å². The Balaban J connectivity index is 1.62. The van der Waals surface area contributed by atoms with Gasteiger partial charge in [0.1, 0.15) is 11.8 Å². The largest absolute Gasteiger partial charge is 0.368 e. The van der Waals surface area contributed by atoms with E-state index in [0.29, 0.717) is 11.4 Å². The van der Waals surface area contributed by atoms with Gasteiger partial charge in [0.25, 0.3) is 5.91 Å². The Morgan fingerprint density at radius 1 is 0.967 bits per heavy atom. The molecular weight excluding hydrogens is 378 g/mol. The molecule has 150 valence electrons. The Morgan fingerprint density at radius 2 is 1.63 bits per heavy atom. The molecule has 2 amide bonds. The lowest BCUT2D eigenvalue weighted by atomic mass is 10.0. The first kappa shape index (κ1) is 19.3. The molecule has 4 rings (SSSR count). The number of benzene rings is 2. The van der Waals surface area contributed by atoms with Crippen LogP contribution in [0.3, 0.4) is 0 Å². The van der Waals surface area contributed by atoms with Crippen molar-refractivity contribution in [2.24, 2.45) is 10.8 Å². The van der Waals surface area contributed by atoms with E-state index in [4.69, 9.17) is 5.73 Å². The number of carbonyl (C=O) groups is 2. The van der Waals surface area contributed by atoms with Crippen LogP contribution in [0, 0.1) is 0 Å². The van der Waals surface area contributed by atoms with E-state index in [0.717, 1.165) is 5.56 Å². The summed E-state index contributed by atoms with van der Waals surface area (Å²) in [6.45, 7) is 0. The molecule has 0 spiro atoms. The maximum absolute atomic E-state index is 13.1. The summed E-state index contributed by atoms with van der Waals surface area (Å²) in [7, 11) is 0. The highest BCUT2D eigenvalue weighted by molar-refractivity contribution is 6.40. The molecule has 0 radical (unpaired) electrons. The normalized spacial score (nSPS) is 16.6. The highest BCUT2D eigenvalue weighted by Gasteiger charge is 2.35. The summed E-state index contributed by atoms with van der Waals surface area (Å²) >= 11 is 0. The second-order valence-corrected chi connectivity index (χ2v) is 6.92. The fourth-order valence-electron chi connectivity index (χ4n) is 3.42. The van der Waals surface area contributed by atoms with Crippen molar-refractivity contribution >= 4 is 23.2 Å². The van der Waals surface area contributed by atoms with Gasteiger partial charge >= 0.3 is 0 Å². The van der Waals surface area contributed by atoms with Crippen molar-refractivity contribution in [3.8, 4) is 0 Å². The standard InChI is InChI=1S/C23H21N5O2/c24-22(29)20-15-19(27-28(20)17-11-5-2-6-12-17)23(30)26-21(16-9-3-1-4-10-16)18-13-7-8-14-25-18/h1-14,20-21H,15H2,(H2,24,29)(H,26,30). The molecule has 1 aromatic heterocycles. The van der Waals surface area contributed by atoms with Gasteiger partial charge in [-0.1, -0.05) is 54.6 Å². The third-order valence-corrected chi connectivity index (χ3v) is 4.91. The second kappa shape index (κ2) is 8.57. The number of anilines is 1. The number of nitrogens with zero attached hydrogens (tertiary/aromatic N) is 3. The first-order chi connectivity index (χ1) is 14.6. The highest BCUT2D eigenvalue weighted by atomic mass is 16.2. The highest BCUT2D eigenvalue weighted by Crippen LogP contribution is 2.25. The number of carbonyl (C=O) groups excluding carboxylic acids is 2. The number of aromatic nitrogens is 1. The lowest BCUT2D eigenvalue weighted by molar-refractivity contribution is -0.119. The summed E-state index contributed by atoms with van der Waals surface area (Å²) in [5.41, 5.74) is 8.14. The molecule has 2 aromatic carbocycles. The predicted octanol–water partition coefficient (Wildman–Crippen LogP) is 2.41. The van der Waals surface area contributed by atoms with E-state index in [1.165, 1.54) is 5.01 Å². The van der Waals surface area contributed by atoms with Crippen LogP contribution in [-0.2, 0) is 9.59 Å². The van der Waals surface area contributed by atoms with Crippen molar-refractivity contribution in [3.05, 3.63) is 96.3 Å². The fourth-order valence-corrected chi connectivity index (χ4v) is 3.42. The summed E-state index contributed by atoms with van der Waals surface area (Å²) in [6, 6.07) is 23.2. The van der Waals surface area contributed by atoms with E-state index in [2.05, 4.69) is 15.4 Å². The maximum Gasteiger partial charge on any atom is 0.268 e. The lowest BCUT2D eigenvalue weighted by Gasteiger charge is -2.20. The van der Waals surface area contributed by atoms with E-state index in [1.54, 1.807) is 6.20 Å². The molecular formula is C23H21N5O2. The zero-order valence-corrected chi connectivity index (χ0v) is 16.2. The molecule has 1 aliphatic rings. The topological polar surface area (TPSA) is 101 Å². The quantitative estimate of drug-likeness (QED) is 0.665. The Hall–Kier alpha value is -4.00. The Bertz CT molecular complexity index is 1020. The number of hydrogen-bond donors (Lipinski definition) is 2. The minimum atomic E-state index is -0.710. The first-order valence-electron chi connectivity index (χ1n) is 9.61. The van der Waals surface area contributed by atoms with E-state index in [9.17, 15) is 9.59 Å². The van der Waals surface area contributed by atoms with Gasteiger partial charge in [-0.3, -0.25) is 19.6 Å². The number of pyridine rings is 1. The van der Waals surface area contributed by atoms with Crippen LogP contribution in [-0.4, -0.2) is 28.6 Å². The summed E-state index contributed by atoms with van der Waals surface area (Å²) in [4.78, 5) is 29.5. The number of primary amides is 1. The van der Waals surface area contributed by atoms with Gasteiger partial charge < -0.3 is 11.1 Å². The van der Waals surface area contributed by atoms with Gasteiger partial charge in [-0.15, -0.1) is 0 Å². The van der Waals surface area contributed by atoms with Crippen LogP contribution >= 0.6 is 0 Å².